The van der Waals surface area contributed by atoms with E-state index in [4.69, 9.17) is 9.15 Å². The molecule has 0 fully saturated rings. The van der Waals surface area contributed by atoms with E-state index in [1.165, 1.54) is 7.11 Å². The molecule has 2 rings (SSSR count). The van der Waals surface area contributed by atoms with Crippen LogP contribution in [0.1, 0.15) is 32.2 Å². The SMILES string of the molecule is COC(=O)c1cc(CN(C)C(=O)c2cccc(N(C)C)c2)oc1C. The van der Waals surface area contributed by atoms with Crippen LogP contribution >= 0.6 is 0 Å². The zero-order valence-electron chi connectivity index (χ0n) is 14.6. The third kappa shape index (κ3) is 3.76. The Kier molecular flexibility index (Phi) is 5.28. The number of aryl methyl sites for hydroxylation is 1. The van der Waals surface area contributed by atoms with E-state index in [0.29, 0.717) is 22.6 Å². The number of benzene rings is 1. The van der Waals surface area contributed by atoms with Crippen LogP contribution < -0.4 is 4.90 Å². The molecule has 0 aliphatic heterocycles. The lowest BCUT2D eigenvalue weighted by Crippen LogP contribution is -2.26. The Morgan fingerprint density at radius 3 is 2.50 bits per heavy atom. The quantitative estimate of drug-likeness (QED) is 0.789. The molecule has 1 aromatic heterocycles. The lowest BCUT2D eigenvalue weighted by Gasteiger charge is -2.18. The van der Waals surface area contributed by atoms with Gasteiger partial charge in [0.2, 0.25) is 0 Å². The Morgan fingerprint density at radius 2 is 1.88 bits per heavy atom. The van der Waals surface area contributed by atoms with Crippen LogP contribution in [0.3, 0.4) is 0 Å². The monoisotopic (exact) mass is 330 g/mol. The number of esters is 1. The molecule has 2 aromatic rings. The summed E-state index contributed by atoms with van der Waals surface area (Å²) in [6, 6.07) is 9.02. The Labute approximate surface area is 141 Å². The summed E-state index contributed by atoms with van der Waals surface area (Å²) in [4.78, 5) is 27.7. The van der Waals surface area contributed by atoms with Crippen molar-refractivity contribution in [2.24, 2.45) is 0 Å². The fourth-order valence-corrected chi connectivity index (χ4v) is 2.38. The minimum absolute atomic E-state index is 0.118. The topological polar surface area (TPSA) is 63.0 Å². The van der Waals surface area contributed by atoms with Gasteiger partial charge in [0, 0.05) is 32.4 Å². The van der Waals surface area contributed by atoms with Crippen LogP contribution in [0, 0.1) is 6.92 Å². The fourth-order valence-electron chi connectivity index (χ4n) is 2.38. The molecule has 6 heteroatoms. The molecule has 0 aliphatic rings. The van der Waals surface area contributed by atoms with Crippen molar-refractivity contribution in [3.8, 4) is 0 Å². The van der Waals surface area contributed by atoms with E-state index in [-0.39, 0.29) is 12.5 Å². The average Bonchev–Trinajstić information content (AvgIpc) is 2.93. The maximum atomic E-state index is 12.6. The molecule has 0 aliphatic carbocycles. The largest absolute Gasteiger partial charge is 0.465 e. The second kappa shape index (κ2) is 7.21. The maximum Gasteiger partial charge on any atom is 0.341 e. The highest BCUT2D eigenvalue weighted by Crippen LogP contribution is 2.19. The molecule has 0 spiro atoms. The number of hydrogen-bond acceptors (Lipinski definition) is 5. The van der Waals surface area contributed by atoms with E-state index in [0.717, 1.165) is 5.69 Å². The first-order chi connectivity index (χ1) is 11.3. The summed E-state index contributed by atoms with van der Waals surface area (Å²) in [5, 5.41) is 0. The van der Waals surface area contributed by atoms with Crippen LogP contribution in [-0.2, 0) is 11.3 Å². The molecule has 6 nitrogen and oxygen atoms in total. The number of carbonyl (C=O) groups is 2. The third-order valence-electron chi connectivity index (χ3n) is 3.72. The smallest absolute Gasteiger partial charge is 0.341 e. The number of ether oxygens (including phenoxy) is 1. The fraction of sp³-hybridized carbons (Fsp3) is 0.333. The molecule has 1 aromatic carbocycles. The zero-order chi connectivity index (χ0) is 17.9. The number of amides is 1. The van der Waals surface area contributed by atoms with Gasteiger partial charge in [0.05, 0.1) is 13.7 Å². The van der Waals surface area contributed by atoms with Crippen molar-refractivity contribution in [1.29, 1.82) is 0 Å². The summed E-state index contributed by atoms with van der Waals surface area (Å²) in [7, 11) is 6.86. The molecule has 0 saturated carbocycles. The number of methoxy groups -OCH3 is 1. The van der Waals surface area contributed by atoms with Crippen molar-refractivity contribution in [3.63, 3.8) is 0 Å². The van der Waals surface area contributed by atoms with E-state index < -0.39 is 5.97 Å². The third-order valence-corrected chi connectivity index (χ3v) is 3.72. The van der Waals surface area contributed by atoms with E-state index in [1.807, 2.05) is 37.2 Å². The van der Waals surface area contributed by atoms with Crippen LogP contribution in [0.15, 0.2) is 34.7 Å². The van der Waals surface area contributed by atoms with Gasteiger partial charge in [-0.2, -0.15) is 0 Å². The minimum Gasteiger partial charge on any atom is -0.465 e. The van der Waals surface area contributed by atoms with Crippen LogP contribution in [0.4, 0.5) is 5.69 Å². The average molecular weight is 330 g/mol. The molecule has 0 bridgehead atoms. The molecule has 1 heterocycles. The molecule has 24 heavy (non-hydrogen) atoms. The molecule has 0 radical (unpaired) electrons. The molecular formula is C18H22N2O4. The van der Waals surface area contributed by atoms with Crippen molar-refractivity contribution in [2.45, 2.75) is 13.5 Å². The highest BCUT2D eigenvalue weighted by atomic mass is 16.5. The molecule has 1 amide bonds. The highest BCUT2D eigenvalue weighted by Gasteiger charge is 2.19. The maximum absolute atomic E-state index is 12.6. The lowest BCUT2D eigenvalue weighted by molar-refractivity contribution is 0.0598. The Morgan fingerprint density at radius 1 is 1.17 bits per heavy atom. The normalized spacial score (nSPS) is 10.4. The van der Waals surface area contributed by atoms with Crippen molar-refractivity contribution < 1.29 is 18.7 Å². The molecule has 0 unspecified atom stereocenters. The number of nitrogens with zero attached hydrogens (tertiary/aromatic N) is 2. The van der Waals surface area contributed by atoms with Gasteiger partial charge in [-0.15, -0.1) is 0 Å². The molecule has 0 N–H and O–H groups in total. The van der Waals surface area contributed by atoms with E-state index in [1.54, 1.807) is 31.0 Å². The highest BCUT2D eigenvalue weighted by molar-refractivity contribution is 5.95. The van der Waals surface area contributed by atoms with E-state index >= 15 is 0 Å². The first-order valence-corrected chi connectivity index (χ1v) is 7.54. The second-order valence-corrected chi connectivity index (χ2v) is 5.78. The van der Waals surface area contributed by atoms with Gasteiger partial charge in [0.15, 0.2) is 0 Å². The van der Waals surface area contributed by atoms with Crippen LogP contribution in [0.25, 0.3) is 0 Å². The van der Waals surface area contributed by atoms with Gasteiger partial charge in [-0.25, -0.2) is 4.79 Å². The summed E-state index contributed by atoms with van der Waals surface area (Å²) in [6.45, 7) is 1.96. The van der Waals surface area contributed by atoms with Crippen molar-refractivity contribution in [2.75, 3.05) is 33.2 Å². The lowest BCUT2D eigenvalue weighted by atomic mass is 10.1. The standard InChI is InChI=1S/C18H22N2O4/c1-12-16(18(22)23-5)10-15(24-12)11-20(4)17(21)13-7-6-8-14(9-13)19(2)3/h6-10H,11H2,1-5H3. The second-order valence-electron chi connectivity index (χ2n) is 5.78. The predicted molar refractivity (Wildman–Crippen MR) is 91.4 cm³/mol. The van der Waals surface area contributed by atoms with Crippen LogP contribution in [-0.4, -0.2) is 45.0 Å². The summed E-state index contributed by atoms with van der Waals surface area (Å²) in [5.41, 5.74) is 1.93. The number of furan rings is 1. The predicted octanol–water partition coefficient (Wildman–Crippen LogP) is 2.71. The number of anilines is 1. The van der Waals surface area contributed by atoms with Gasteiger partial charge in [0.25, 0.3) is 5.91 Å². The first-order valence-electron chi connectivity index (χ1n) is 7.54. The Hall–Kier alpha value is -2.76. The van der Waals surface area contributed by atoms with Gasteiger partial charge < -0.3 is 19.0 Å². The van der Waals surface area contributed by atoms with E-state index in [2.05, 4.69) is 0 Å². The van der Waals surface area contributed by atoms with Crippen LogP contribution in [0.2, 0.25) is 0 Å². The molecule has 0 atom stereocenters. The molecular weight excluding hydrogens is 308 g/mol. The molecule has 0 saturated heterocycles. The van der Waals surface area contributed by atoms with Crippen molar-refractivity contribution >= 4 is 17.6 Å². The van der Waals surface area contributed by atoms with Gasteiger partial charge in [0.1, 0.15) is 17.1 Å². The summed E-state index contributed by atoms with van der Waals surface area (Å²) in [5.74, 6) is 0.447. The van der Waals surface area contributed by atoms with E-state index in [9.17, 15) is 9.59 Å². The summed E-state index contributed by atoms with van der Waals surface area (Å²) in [6.07, 6.45) is 0. The van der Waals surface area contributed by atoms with Gasteiger partial charge in [-0.3, -0.25) is 4.79 Å². The number of hydrogen-bond donors (Lipinski definition) is 0. The van der Waals surface area contributed by atoms with Crippen molar-refractivity contribution in [1.82, 2.24) is 4.90 Å². The van der Waals surface area contributed by atoms with Crippen molar-refractivity contribution in [3.05, 3.63) is 53.0 Å². The van der Waals surface area contributed by atoms with Gasteiger partial charge in [-0.1, -0.05) is 6.07 Å². The Balaban J connectivity index is 2.15. The van der Waals surface area contributed by atoms with Gasteiger partial charge in [-0.05, 0) is 31.2 Å². The summed E-state index contributed by atoms with van der Waals surface area (Å²) < 4.78 is 10.3. The number of carbonyl (C=O) groups excluding carboxylic acids is 2. The molecule has 128 valence electrons. The van der Waals surface area contributed by atoms with Gasteiger partial charge >= 0.3 is 5.97 Å². The number of rotatable bonds is 5. The zero-order valence-corrected chi connectivity index (χ0v) is 14.6. The summed E-state index contributed by atoms with van der Waals surface area (Å²) >= 11 is 0. The van der Waals surface area contributed by atoms with Crippen LogP contribution in [0.5, 0.6) is 0 Å². The first kappa shape index (κ1) is 17.6. The minimum atomic E-state index is -0.449. The Bertz CT molecular complexity index is 749.